The van der Waals surface area contributed by atoms with Crippen LogP contribution in [0.4, 0.5) is 0 Å². The van der Waals surface area contributed by atoms with Gasteiger partial charge in [-0.15, -0.1) is 0 Å². The molecule has 0 spiro atoms. The van der Waals surface area contributed by atoms with Gasteiger partial charge in [0.15, 0.2) is 0 Å². The average Bonchev–Trinajstić information content (AvgIpc) is 2.18. The molecule has 0 saturated carbocycles. The normalized spacial score (nSPS) is 12.9. The molecule has 0 bridgehead atoms. The molecule has 0 aliphatic heterocycles. The molecule has 0 aliphatic rings. The molecule has 3 heteroatoms. The third-order valence-corrected chi connectivity index (χ3v) is 1.75. The molecule has 0 atom stereocenters. The van der Waals surface area contributed by atoms with E-state index in [2.05, 4.69) is 11.6 Å². The average molecular weight is 189 g/mol. The van der Waals surface area contributed by atoms with E-state index in [0.29, 0.717) is 5.35 Å². The van der Waals surface area contributed by atoms with E-state index in [1.165, 1.54) is 6.07 Å². The van der Waals surface area contributed by atoms with Gasteiger partial charge >= 0.3 is 5.97 Å². The van der Waals surface area contributed by atoms with E-state index in [1.54, 1.807) is 24.3 Å². The molecule has 1 aromatic rings. The molecule has 0 amide bonds. The second-order valence-electron chi connectivity index (χ2n) is 2.67. The second kappa shape index (κ2) is 4.37. The van der Waals surface area contributed by atoms with Gasteiger partial charge in [-0.25, -0.2) is 9.78 Å². The van der Waals surface area contributed by atoms with Gasteiger partial charge in [-0.3, -0.25) is 0 Å². The summed E-state index contributed by atoms with van der Waals surface area (Å²) in [7, 11) is 0. The minimum Gasteiger partial charge on any atom is -0.477 e. The second-order valence-corrected chi connectivity index (χ2v) is 2.67. The summed E-state index contributed by atoms with van der Waals surface area (Å²) in [6.07, 6.45) is 5.19. The van der Waals surface area contributed by atoms with Crippen molar-refractivity contribution in [3.8, 4) is 0 Å². The van der Waals surface area contributed by atoms with Gasteiger partial charge in [0.2, 0.25) is 0 Å². The van der Waals surface area contributed by atoms with Gasteiger partial charge in [0, 0.05) is 0 Å². The number of rotatable bonds is 2. The van der Waals surface area contributed by atoms with E-state index in [1.807, 2.05) is 6.92 Å². The summed E-state index contributed by atoms with van der Waals surface area (Å²) in [4.78, 5) is 14.6. The Balaban J connectivity index is 3.49. The van der Waals surface area contributed by atoms with Crippen molar-refractivity contribution in [2.75, 3.05) is 0 Å². The van der Waals surface area contributed by atoms with Crippen LogP contribution in [0.15, 0.2) is 24.8 Å². The smallest absolute Gasteiger partial charge is 0.354 e. The quantitative estimate of drug-likeness (QED) is 0.739. The third-order valence-electron chi connectivity index (χ3n) is 1.75. The van der Waals surface area contributed by atoms with Crippen LogP contribution in [0.2, 0.25) is 0 Å². The van der Waals surface area contributed by atoms with Gasteiger partial charge in [0.05, 0.1) is 5.35 Å². The first kappa shape index (κ1) is 10.2. The van der Waals surface area contributed by atoms with E-state index >= 15 is 0 Å². The Kier molecular flexibility index (Phi) is 3.18. The highest BCUT2D eigenvalue weighted by molar-refractivity contribution is 5.85. The zero-order chi connectivity index (χ0) is 10.6. The van der Waals surface area contributed by atoms with Gasteiger partial charge in [-0.05, 0) is 18.2 Å². The number of carbonyl (C=O) groups is 1. The van der Waals surface area contributed by atoms with E-state index in [-0.39, 0.29) is 5.69 Å². The van der Waals surface area contributed by atoms with Crippen molar-refractivity contribution in [2.45, 2.75) is 6.92 Å². The van der Waals surface area contributed by atoms with Gasteiger partial charge < -0.3 is 5.11 Å². The Morgan fingerprint density at radius 2 is 2.29 bits per heavy atom. The summed E-state index contributed by atoms with van der Waals surface area (Å²) in [6.45, 7) is 5.39. The molecule has 0 radical (unpaired) electrons. The lowest BCUT2D eigenvalue weighted by atomic mass is 10.2. The molecule has 14 heavy (non-hydrogen) atoms. The fraction of sp³-hybridized carbons (Fsp3) is 0.0909. The topological polar surface area (TPSA) is 50.2 Å². The van der Waals surface area contributed by atoms with Crippen LogP contribution in [-0.2, 0) is 0 Å². The summed E-state index contributed by atoms with van der Waals surface area (Å²) in [5, 5.41) is 10.2. The van der Waals surface area contributed by atoms with E-state index in [0.717, 1.165) is 5.22 Å². The number of aromatic nitrogens is 1. The first-order chi connectivity index (χ1) is 6.69. The van der Waals surface area contributed by atoms with Crippen LogP contribution in [0.25, 0.3) is 12.2 Å². The standard InChI is InChI=1S/C11H11NO2/c1-3-5-8-6-7-10(11(13)14)12-9(8)4-2/h3-7H,1H2,2H3,(H,13,14)/b8-5-,9-4+. The number of hydrogen-bond donors (Lipinski definition) is 1. The molecule has 1 aromatic heterocycles. The lowest BCUT2D eigenvalue weighted by Gasteiger charge is -1.93. The van der Waals surface area contributed by atoms with Gasteiger partial charge in [-0.1, -0.05) is 30.9 Å². The molecule has 3 nitrogen and oxygen atoms in total. The zero-order valence-corrected chi connectivity index (χ0v) is 7.90. The Morgan fingerprint density at radius 1 is 1.57 bits per heavy atom. The van der Waals surface area contributed by atoms with Gasteiger partial charge in [0.25, 0.3) is 0 Å². The molecular weight excluding hydrogens is 178 g/mol. The van der Waals surface area contributed by atoms with Gasteiger partial charge in [0.1, 0.15) is 5.69 Å². The maximum Gasteiger partial charge on any atom is 0.354 e. The minimum absolute atomic E-state index is 0.0549. The maximum atomic E-state index is 10.6. The first-order valence-corrected chi connectivity index (χ1v) is 4.18. The monoisotopic (exact) mass is 189 g/mol. The number of hydrogen-bond acceptors (Lipinski definition) is 2. The first-order valence-electron chi connectivity index (χ1n) is 4.18. The zero-order valence-electron chi connectivity index (χ0n) is 7.90. The summed E-state index contributed by atoms with van der Waals surface area (Å²) in [5.74, 6) is -1.02. The summed E-state index contributed by atoms with van der Waals surface area (Å²) in [5.41, 5.74) is 0.0549. The van der Waals surface area contributed by atoms with Crippen molar-refractivity contribution in [3.05, 3.63) is 41.0 Å². The molecule has 0 fully saturated rings. The van der Waals surface area contributed by atoms with Crippen molar-refractivity contribution < 1.29 is 9.90 Å². The predicted octanol–water partition coefficient (Wildman–Crippen LogP) is 0.547. The number of nitrogens with zero attached hydrogens (tertiary/aromatic N) is 1. The summed E-state index contributed by atoms with van der Waals surface area (Å²) >= 11 is 0. The van der Waals surface area contributed by atoms with Crippen LogP contribution >= 0.6 is 0 Å². The third kappa shape index (κ3) is 2.07. The molecule has 72 valence electrons. The van der Waals surface area contributed by atoms with Crippen molar-refractivity contribution in [1.82, 2.24) is 4.98 Å². The lowest BCUT2D eigenvalue weighted by molar-refractivity contribution is 0.0690. The fourth-order valence-electron chi connectivity index (χ4n) is 1.10. The Hall–Kier alpha value is -1.90. The minimum atomic E-state index is -1.02. The molecule has 1 rings (SSSR count). The highest BCUT2D eigenvalue weighted by Gasteiger charge is 2.02. The number of allylic oxidation sites excluding steroid dienone is 1. The Morgan fingerprint density at radius 3 is 2.79 bits per heavy atom. The van der Waals surface area contributed by atoms with E-state index in [9.17, 15) is 4.79 Å². The maximum absolute atomic E-state index is 10.6. The number of pyridine rings is 1. The van der Waals surface area contributed by atoms with Crippen molar-refractivity contribution >= 4 is 18.1 Å². The molecular formula is C11H11NO2. The van der Waals surface area contributed by atoms with Crippen LogP contribution < -0.4 is 10.6 Å². The largest absolute Gasteiger partial charge is 0.477 e. The van der Waals surface area contributed by atoms with Crippen molar-refractivity contribution in [3.63, 3.8) is 0 Å². The molecule has 0 unspecified atom stereocenters. The summed E-state index contributed by atoms with van der Waals surface area (Å²) in [6, 6.07) is 3.19. The van der Waals surface area contributed by atoms with Crippen LogP contribution in [0, 0.1) is 0 Å². The summed E-state index contributed by atoms with van der Waals surface area (Å²) < 4.78 is 0. The van der Waals surface area contributed by atoms with Crippen LogP contribution in [0.1, 0.15) is 17.4 Å². The predicted molar refractivity (Wildman–Crippen MR) is 55.2 cm³/mol. The van der Waals surface area contributed by atoms with Gasteiger partial charge in [-0.2, -0.15) is 0 Å². The lowest BCUT2D eigenvalue weighted by Crippen LogP contribution is -2.29. The van der Waals surface area contributed by atoms with Crippen LogP contribution in [-0.4, -0.2) is 16.1 Å². The highest BCUT2D eigenvalue weighted by atomic mass is 16.4. The number of carboxylic acids is 1. The van der Waals surface area contributed by atoms with Crippen molar-refractivity contribution in [2.24, 2.45) is 0 Å². The molecule has 1 N–H and O–H groups in total. The molecule has 0 aromatic carbocycles. The number of carboxylic acid groups (broad SMARTS) is 1. The van der Waals surface area contributed by atoms with Crippen LogP contribution in [0.3, 0.4) is 0 Å². The number of aromatic carboxylic acids is 1. The van der Waals surface area contributed by atoms with E-state index < -0.39 is 5.97 Å². The fourth-order valence-corrected chi connectivity index (χ4v) is 1.10. The van der Waals surface area contributed by atoms with Crippen LogP contribution in [0.5, 0.6) is 0 Å². The Bertz CT molecular complexity index is 475. The molecule has 0 saturated heterocycles. The van der Waals surface area contributed by atoms with Crippen molar-refractivity contribution in [1.29, 1.82) is 0 Å². The SMILES string of the molecule is C=C/C=c1/ccc(C(=O)O)n/c1=C/C. The molecule has 1 heterocycles. The van der Waals surface area contributed by atoms with E-state index in [4.69, 9.17) is 5.11 Å². The molecule has 0 aliphatic carbocycles. The highest BCUT2D eigenvalue weighted by Crippen LogP contribution is 1.86. The Labute approximate surface area is 81.7 Å².